The van der Waals surface area contributed by atoms with Gasteiger partial charge in [0.25, 0.3) is 5.91 Å². The summed E-state index contributed by atoms with van der Waals surface area (Å²) in [5.74, 6) is -0.361. The minimum Gasteiger partial charge on any atom is -0.469 e. The molecule has 0 N–H and O–H groups in total. The number of esters is 1. The predicted octanol–water partition coefficient (Wildman–Crippen LogP) is 4.02. The highest BCUT2D eigenvalue weighted by atomic mass is 35.5. The largest absolute Gasteiger partial charge is 0.469 e. The number of para-hydroxylation sites is 1. The molecule has 3 aromatic rings. The summed E-state index contributed by atoms with van der Waals surface area (Å²) in [4.78, 5) is 26.2. The van der Waals surface area contributed by atoms with Crippen LogP contribution >= 0.6 is 11.6 Å². The Balaban J connectivity index is 1.76. The van der Waals surface area contributed by atoms with Gasteiger partial charge in [0.15, 0.2) is 0 Å². The molecule has 5 nitrogen and oxygen atoms in total. The van der Waals surface area contributed by atoms with E-state index in [0.717, 1.165) is 22.2 Å². The van der Waals surface area contributed by atoms with Crippen molar-refractivity contribution in [1.82, 2.24) is 4.57 Å². The quantitative estimate of drug-likeness (QED) is 0.653. The van der Waals surface area contributed by atoms with Gasteiger partial charge in [0.2, 0.25) is 0 Å². The van der Waals surface area contributed by atoms with Crippen LogP contribution < -0.4 is 4.90 Å². The Bertz CT molecular complexity index is 1030. The van der Waals surface area contributed by atoms with E-state index < -0.39 is 0 Å². The molecule has 0 fully saturated rings. The highest BCUT2D eigenvalue weighted by Crippen LogP contribution is 2.36. The summed E-state index contributed by atoms with van der Waals surface area (Å²) in [6.45, 7) is 0.971. The van der Waals surface area contributed by atoms with E-state index in [1.54, 1.807) is 11.0 Å². The molecule has 132 valence electrons. The van der Waals surface area contributed by atoms with Crippen molar-refractivity contribution in [3.8, 4) is 0 Å². The fourth-order valence-corrected chi connectivity index (χ4v) is 3.75. The number of aromatic nitrogens is 1. The van der Waals surface area contributed by atoms with Gasteiger partial charge in [-0.1, -0.05) is 35.9 Å². The SMILES string of the molecule is COC(=O)CCn1ccc2cccc(N3Cc4cccc(Cl)c4C3=O)c21. The van der Waals surface area contributed by atoms with E-state index in [0.29, 0.717) is 23.7 Å². The molecule has 4 rings (SSSR count). The first-order valence-electron chi connectivity index (χ1n) is 8.34. The van der Waals surface area contributed by atoms with Crippen LogP contribution in [0.1, 0.15) is 22.3 Å². The summed E-state index contributed by atoms with van der Waals surface area (Å²) in [6.07, 6.45) is 2.20. The molecule has 2 aromatic carbocycles. The number of aryl methyl sites for hydroxylation is 1. The minimum atomic E-state index is -0.263. The van der Waals surface area contributed by atoms with E-state index in [1.807, 2.05) is 47.2 Å². The van der Waals surface area contributed by atoms with Crippen LogP contribution in [0.4, 0.5) is 5.69 Å². The summed E-state index contributed by atoms with van der Waals surface area (Å²) in [5, 5.41) is 1.49. The first-order chi connectivity index (χ1) is 12.6. The number of carbonyl (C=O) groups is 2. The van der Waals surface area contributed by atoms with Crippen molar-refractivity contribution < 1.29 is 14.3 Å². The molecule has 1 aliphatic heterocycles. The fourth-order valence-electron chi connectivity index (χ4n) is 3.47. The number of benzene rings is 2. The van der Waals surface area contributed by atoms with Gasteiger partial charge >= 0.3 is 5.97 Å². The standard InChI is InChI=1S/C20H17ClN2O3/c1-26-17(24)9-11-22-10-8-13-4-3-7-16(19(13)22)23-12-14-5-2-6-15(21)18(14)20(23)25/h2-8,10H,9,11-12H2,1H3. The first-order valence-corrected chi connectivity index (χ1v) is 8.72. The third-order valence-electron chi connectivity index (χ3n) is 4.73. The molecule has 1 aromatic heterocycles. The van der Waals surface area contributed by atoms with Gasteiger partial charge in [0, 0.05) is 18.1 Å². The van der Waals surface area contributed by atoms with Crippen molar-refractivity contribution in [2.75, 3.05) is 12.0 Å². The van der Waals surface area contributed by atoms with Crippen LogP contribution in [0, 0.1) is 0 Å². The zero-order valence-electron chi connectivity index (χ0n) is 14.2. The number of amides is 1. The summed E-state index contributed by atoms with van der Waals surface area (Å²) in [5.41, 5.74) is 3.23. The molecule has 0 aliphatic carbocycles. The lowest BCUT2D eigenvalue weighted by Crippen LogP contribution is -2.24. The topological polar surface area (TPSA) is 51.5 Å². The normalized spacial score (nSPS) is 13.3. The third kappa shape index (κ3) is 2.65. The van der Waals surface area contributed by atoms with E-state index >= 15 is 0 Å². The Kier molecular flexibility index (Phi) is 4.17. The molecular formula is C20H17ClN2O3. The van der Waals surface area contributed by atoms with Crippen molar-refractivity contribution in [2.45, 2.75) is 19.5 Å². The third-order valence-corrected chi connectivity index (χ3v) is 5.04. The van der Waals surface area contributed by atoms with E-state index in [4.69, 9.17) is 16.3 Å². The predicted molar refractivity (Wildman–Crippen MR) is 101 cm³/mol. The number of fused-ring (bicyclic) bond motifs is 2. The number of ether oxygens (including phenoxy) is 1. The van der Waals surface area contributed by atoms with Gasteiger partial charge in [-0.3, -0.25) is 9.59 Å². The molecule has 0 unspecified atom stereocenters. The van der Waals surface area contributed by atoms with Crippen LogP contribution in [0.3, 0.4) is 0 Å². The van der Waals surface area contributed by atoms with Crippen molar-refractivity contribution in [2.24, 2.45) is 0 Å². The van der Waals surface area contributed by atoms with Crippen molar-refractivity contribution in [1.29, 1.82) is 0 Å². The molecule has 0 saturated heterocycles. The molecule has 26 heavy (non-hydrogen) atoms. The molecule has 0 saturated carbocycles. The fraction of sp³-hybridized carbons (Fsp3) is 0.200. The number of rotatable bonds is 4. The van der Waals surface area contributed by atoms with E-state index in [-0.39, 0.29) is 18.3 Å². The summed E-state index contributed by atoms with van der Waals surface area (Å²) in [6, 6.07) is 13.4. The van der Waals surface area contributed by atoms with Crippen LogP contribution in [0.2, 0.25) is 5.02 Å². The van der Waals surface area contributed by atoms with Crippen LogP contribution in [-0.4, -0.2) is 23.6 Å². The molecular weight excluding hydrogens is 352 g/mol. The van der Waals surface area contributed by atoms with Crippen LogP contribution in [-0.2, 0) is 22.6 Å². The highest BCUT2D eigenvalue weighted by Gasteiger charge is 2.31. The van der Waals surface area contributed by atoms with Crippen LogP contribution in [0.25, 0.3) is 10.9 Å². The van der Waals surface area contributed by atoms with Crippen LogP contribution in [0.5, 0.6) is 0 Å². The maximum atomic E-state index is 13.0. The zero-order valence-corrected chi connectivity index (χ0v) is 15.0. The average molecular weight is 369 g/mol. The van der Waals surface area contributed by atoms with Crippen molar-refractivity contribution in [3.63, 3.8) is 0 Å². The number of hydrogen-bond donors (Lipinski definition) is 0. The number of anilines is 1. The van der Waals surface area contributed by atoms with Gasteiger partial charge in [-0.25, -0.2) is 0 Å². The minimum absolute atomic E-state index is 0.0983. The number of hydrogen-bond acceptors (Lipinski definition) is 3. The molecule has 0 radical (unpaired) electrons. The first kappa shape index (κ1) is 16.7. The van der Waals surface area contributed by atoms with E-state index in [1.165, 1.54) is 7.11 Å². The molecule has 6 heteroatoms. The maximum absolute atomic E-state index is 13.0. The second-order valence-corrected chi connectivity index (χ2v) is 6.62. The number of methoxy groups -OCH3 is 1. The lowest BCUT2D eigenvalue weighted by molar-refractivity contribution is -0.140. The van der Waals surface area contributed by atoms with E-state index in [9.17, 15) is 9.59 Å². The second-order valence-electron chi connectivity index (χ2n) is 6.22. The Labute approximate surface area is 155 Å². The van der Waals surface area contributed by atoms with Gasteiger partial charge in [-0.15, -0.1) is 0 Å². The van der Waals surface area contributed by atoms with Crippen LogP contribution in [0.15, 0.2) is 48.7 Å². The molecule has 1 amide bonds. The maximum Gasteiger partial charge on any atom is 0.307 e. The second kappa shape index (κ2) is 6.50. The summed E-state index contributed by atoms with van der Waals surface area (Å²) >= 11 is 6.24. The Hall–Kier alpha value is -2.79. The Morgan fingerprint density at radius 2 is 2.00 bits per heavy atom. The van der Waals surface area contributed by atoms with E-state index in [2.05, 4.69) is 0 Å². The zero-order chi connectivity index (χ0) is 18.3. The van der Waals surface area contributed by atoms with Crippen molar-refractivity contribution in [3.05, 3.63) is 64.8 Å². The van der Waals surface area contributed by atoms with Gasteiger partial charge in [-0.2, -0.15) is 0 Å². The molecule has 0 bridgehead atoms. The van der Waals surface area contributed by atoms with Gasteiger partial charge in [-0.05, 0) is 23.8 Å². The van der Waals surface area contributed by atoms with Gasteiger partial charge in [0.1, 0.15) is 0 Å². The number of carbonyl (C=O) groups excluding carboxylic acids is 2. The Morgan fingerprint density at radius 3 is 2.77 bits per heavy atom. The molecule has 2 heterocycles. The average Bonchev–Trinajstić information content (AvgIpc) is 3.21. The number of nitrogens with zero attached hydrogens (tertiary/aromatic N) is 2. The summed E-state index contributed by atoms with van der Waals surface area (Å²) in [7, 11) is 1.38. The Morgan fingerprint density at radius 1 is 1.19 bits per heavy atom. The highest BCUT2D eigenvalue weighted by molar-refractivity contribution is 6.35. The molecule has 0 spiro atoms. The lowest BCUT2D eigenvalue weighted by Gasteiger charge is -2.19. The van der Waals surface area contributed by atoms with Crippen molar-refractivity contribution >= 4 is 40.1 Å². The van der Waals surface area contributed by atoms with Gasteiger partial charge in [0.05, 0.1) is 41.9 Å². The molecule has 0 atom stereocenters. The number of halogens is 1. The molecule has 1 aliphatic rings. The lowest BCUT2D eigenvalue weighted by atomic mass is 10.1. The monoisotopic (exact) mass is 368 g/mol. The smallest absolute Gasteiger partial charge is 0.307 e. The van der Waals surface area contributed by atoms with Gasteiger partial charge < -0.3 is 14.2 Å². The summed E-state index contributed by atoms with van der Waals surface area (Å²) < 4.78 is 6.72.